The summed E-state index contributed by atoms with van der Waals surface area (Å²) in [5.74, 6) is 1.37. The quantitative estimate of drug-likeness (QED) is 0.604. The van der Waals surface area contributed by atoms with Crippen LogP contribution >= 0.6 is 15.9 Å². The molecule has 0 radical (unpaired) electrons. The zero-order chi connectivity index (χ0) is 11.4. The molecule has 0 aliphatic carbocycles. The van der Waals surface area contributed by atoms with Gasteiger partial charge in [-0.25, -0.2) is 0 Å². The van der Waals surface area contributed by atoms with Crippen LogP contribution in [0.4, 0.5) is 0 Å². The second kappa shape index (κ2) is 5.65. The van der Waals surface area contributed by atoms with Gasteiger partial charge in [-0.2, -0.15) is 0 Å². The Labute approximate surface area is 106 Å². The van der Waals surface area contributed by atoms with Crippen molar-refractivity contribution in [2.45, 2.75) is 6.54 Å². The molecule has 1 nitrogen and oxygen atoms in total. The molecule has 16 heavy (non-hydrogen) atoms. The third kappa shape index (κ3) is 2.74. The molecule has 2 heteroatoms. The van der Waals surface area contributed by atoms with Crippen molar-refractivity contribution in [3.05, 3.63) is 48.6 Å². The topological polar surface area (TPSA) is 3.24 Å². The molecule has 0 spiro atoms. The van der Waals surface area contributed by atoms with Gasteiger partial charge < -0.3 is 0 Å². The highest BCUT2D eigenvalue weighted by molar-refractivity contribution is 9.09. The van der Waals surface area contributed by atoms with Crippen molar-refractivity contribution in [1.29, 1.82) is 0 Å². The summed E-state index contributed by atoms with van der Waals surface area (Å²) >= 11 is 3.60. The molecule has 1 heterocycles. The first-order valence-corrected chi connectivity index (χ1v) is 6.90. The average molecular weight is 280 g/mol. The van der Waals surface area contributed by atoms with Gasteiger partial charge in [0.1, 0.15) is 0 Å². The van der Waals surface area contributed by atoms with Gasteiger partial charge in [-0.05, 0) is 17.4 Å². The van der Waals surface area contributed by atoms with Gasteiger partial charge in [0.25, 0.3) is 0 Å². The van der Waals surface area contributed by atoms with Crippen molar-refractivity contribution in [2.75, 3.05) is 18.4 Å². The molecule has 0 bridgehead atoms. The van der Waals surface area contributed by atoms with Gasteiger partial charge >= 0.3 is 0 Å². The summed E-state index contributed by atoms with van der Waals surface area (Å²) in [7, 11) is 0. The molecule has 0 aromatic heterocycles. The van der Waals surface area contributed by atoms with Crippen LogP contribution in [0.15, 0.2) is 43.0 Å². The molecule has 1 aromatic rings. The maximum Gasteiger partial charge on any atom is 0.0234 e. The number of hydrogen-bond acceptors (Lipinski definition) is 1. The summed E-state index contributed by atoms with van der Waals surface area (Å²) in [5.41, 5.74) is 1.40. The fraction of sp³-hybridized carbons (Fsp3) is 0.429. The van der Waals surface area contributed by atoms with Crippen LogP contribution in [-0.2, 0) is 6.54 Å². The molecule has 2 rings (SSSR count). The van der Waals surface area contributed by atoms with E-state index in [0.29, 0.717) is 5.92 Å². The second-order valence-corrected chi connectivity index (χ2v) is 5.14. The molecular weight excluding hydrogens is 262 g/mol. The number of hydrogen-bond donors (Lipinski definition) is 0. The van der Waals surface area contributed by atoms with Crippen molar-refractivity contribution >= 4 is 15.9 Å². The molecule has 2 atom stereocenters. The lowest BCUT2D eigenvalue weighted by Crippen LogP contribution is -2.20. The minimum absolute atomic E-state index is 0.642. The van der Waals surface area contributed by atoms with Crippen LogP contribution in [0.1, 0.15) is 5.56 Å². The Morgan fingerprint density at radius 1 is 1.31 bits per heavy atom. The highest BCUT2D eigenvalue weighted by Gasteiger charge is 2.29. The highest BCUT2D eigenvalue weighted by Crippen LogP contribution is 2.26. The van der Waals surface area contributed by atoms with Crippen LogP contribution in [0, 0.1) is 11.8 Å². The molecule has 1 fully saturated rings. The monoisotopic (exact) mass is 279 g/mol. The summed E-state index contributed by atoms with van der Waals surface area (Å²) in [6.07, 6.45) is 2.11. The average Bonchev–Trinajstić information content (AvgIpc) is 2.72. The number of halogens is 1. The molecule has 0 saturated carbocycles. The number of alkyl halides is 1. The van der Waals surface area contributed by atoms with E-state index in [-0.39, 0.29) is 0 Å². The Hall–Kier alpha value is -0.600. The van der Waals surface area contributed by atoms with Crippen molar-refractivity contribution < 1.29 is 0 Å². The minimum Gasteiger partial charge on any atom is -0.298 e. The van der Waals surface area contributed by atoms with Gasteiger partial charge in [0, 0.05) is 25.0 Å². The van der Waals surface area contributed by atoms with Crippen LogP contribution in [0.5, 0.6) is 0 Å². The second-order valence-electron chi connectivity index (χ2n) is 4.49. The van der Waals surface area contributed by atoms with E-state index >= 15 is 0 Å². The molecule has 0 amide bonds. The zero-order valence-corrected chi connectivity index (χ0v) is 11.1. The minimum atomic E-state index is 0.642. The Morgan fingerprint density at radius 2 is 2.06 bits per heavy atom. The van der Waals surface area contributed by atoms with E-state index in [1.807, 2.05) is 0 Å². The number of nitrogens with zero attached hydrogens (tertiary/aromatic N) is 1. The fourth-order valence-electron chi connectivity index (χ4n) is 2.39. The lowest BCUT2D eigenvalue weighted by Gasteiger charge is -2.15. The van der Waals surface area contributed by atoms with E-state index in [2.05, 4.69) is 63.8 Å². The van der Waals surface area contributed by atoms with E-state index in [9.17, 15) is 0 Å². The molecule has 1 aliphatic rings. The van der Waals surface area contributed by atoms with Crippen molar-refractivity contribution in [1.82, 2.24) is 4.90 Å². The van der Waals surface area contributed by atoms with Gasteiger partial charge in [0.15, 0.2) is 0 Å². The predicted molar refractivity (Wildman–Crippen MR) is 72.7 cm³/mol. The molecule has 1 aliphatic heterocycles. The number of likely N-dealkylation sites (tertiary alicyclic amines) is 1. The van der Waals surface area contributed by atoms with Crippen molar-refractivity contribution in [3.63, 3.8) is 0 Å². The first-order valence-electron chi connectivity index (χ1n) is 5.78. The van der Waals surface area contributed by atoms with Crippen LogP contribution in [0.3, 0.4) is 0 Å². The smallest absolute Gasteiger partial charge is 0.0234 e. The third-order valence-corrected chi connectivity index (χ3v) is 4.15. The molecule has 1 saturated heterocycles. The summed E-state index contributed by atoms with van der Waals surface area (Å²) in [5, 5.41) is 1.08. The number of rotatable bonds is 4. The third-order valence-electron chi connectivity index (χ3n) is 3.32. The summed E-state index contributed by atoms with van der Waals surface area (Å²) in [6, 6.07) is 10.7. The number of benzene rings is 1. The van der Waals surface area contributed by atoms with Crippen molar-refractivity contribution in [2.24, 2.45) is 11.8 Å². The van der Waals surface area contributed by atoms with Crippen LogP contribution in [0.2, 0.25) is 0 Å². The lowest BCUT2D eigenvalue weighted by atomic mass is 9.99. The van der Waals surface area contributed by atoms with E-state index in [1.54, 1.807) is 0 Å². The van der Waals surface area contributed by atoms with Gasteiger partial charge in [-0.3, -0.25) is 4.90 Å². The largest absolute Gasteiger partial charge is 0.298 e. The van der Waals surface area contributed by atoms with Crippen molar-refractivity contribution in [3.8, 4) is 0 Å². The summed E-state index contributed by atoms with van der Waals surface area (Å²) in [6.45, 7) is 7.32. The van der Waals surface area contributed by atoms with E-state index < -0.39 is 0 Å². The normalized spacial score (nSPS) is 25.8. The first-order chi connectivity index (χ1) is 7.83. The Balaban J connectivity index is 1.96. The van der Waals surface area contributed by atoms with E-state index in [0.717, 1.165) is 24.3 Å². The maximum atomic E-state index is 3.93. The Morgan fingerprint density at radius 3 is 2.62 bits per heavy atom. The van der Waals surface area contributed by atoms with E-state index in [4.69, 9.17) is 0 Å². The first kappa shape index (κ1) is 11.9. The molecular formula is C14H18BrN. The van der Waals surface area contributed by atoms with Crippen LogP contribution < -0.4 is 0 Å². The van der Waals surface area contributed by atoms with E-state index in [1.165, 1.54) is 12.1 Å². The zero-order valence-electron chi connectivity index (χ0n) is 9.48. The van der Waals surface area contributed by atoms with Crippen LogP contribution in [-0.4, -0.2) is 23.3 Å². The summed E-state index contributed by atoms with van der Waals surface area (Å²) in [4.78, 5) is 2.52. The maximum absolute atomic E-state index is 3.93. The van der Waals surface area contributed by atoms with Gasteiger partial charge in [0.2, 0.25) is 0 Å². The van der Waals surface area contributed by atoms with Crippen LogP contribution in [0.25, 0.3) is 0 Å². The highest BCUT2D eigenvalue weighted by atomic mass is 79.9. The summed E-state index contributed by atoms with van der Waals surface area (Å²) < 4.78 is 0. The predicted octanol–water partition coefficient (Wildman–Crippen LogP) is 3.32. The Kier molecular flexibility index (Phi) is 4.19. The SMILES string of the molecule is C=C[C@H]1CN(Cc2ccccc2)C[C@H]1CBr. The molecule has 0 unspecified atom stereocenters. The van der Waals surface area contributed by atoms with Gasteiger partial charge in [0.05, 0.1) is 0 Å². The molecule has 0 N–H and O–H groups in total. The fourth-order valence-corrected chi connectivity index (χ4v) is 3.07. The molecule has 86 valence electrons. The van der Waals surface area contributed by atoms with Gasteiger partial charge in [-0.1, -0.05) is 52.3 Å². The standard InChI is InChI=1S/C14H18BrN/c1-2-13-10-16(11-14(13)8-15)9-12-6-4-3-5-7-12/h2-7,13-14H,1,8-11H2/t13-,14+/m0/s1. The lowest BCUT2D eigenvalue weighted by molar-refractivity contribution is 0.318. The Bertz CT molecular complexity index is 336. The van der Waals surface area contributed by atoms with Gasteiger partial charge in [-0.15, -0.1) is 6.58 Å². The molecule has 1 aromatic carbocycles.